The fourth-order valence-electron chi connectivity index (χ4n) is 2.77. The predicted octanol–water partition coefficient (Wildman–Crippen LogP) is 0.855. The van der Waals surface area contributed by atoms with Crippen LogP contribution in [0.4, 0.5) is 5.95 Å². The van der Waals surface area contributed by atoms with Crippen molar-refractivity contribution in [1.82, 2.24) is 20.2 Å². The number of hydrogen-bond donors (Lipinski definition) is 2. The highest BCUT2D eigenvalue weighted by atomic mass is 16.5. The van der Waals surface area contributed by atoms with Crippen LogP contribution in [-0.4, -0.2) is 39.8 Å². The summed E-state index contributed by atoms with van der Waals surface area (Å²) in [5.74, 6) is 1.08. The third-order valence-electron chi connectivity index (χ3n) is 3.78. The lowest BCUT2D eigenvalue weighted by Gasteiger charge is -2.27. The van der Waals surface area contributed by atoms with Crippen LogP contribution < -0.4 is 20.5 Å². The molecule has 9 heteroatoms. The number of carbonyl (C=O) groups excluding carboxylic acids is 1. The highest BCUT2D eigenvalue weighted by Gasteiger charge is 2.33. The van der Waals surface area contributed by atoms with Crippen molar-refractivity contribution in [3.05, 3.63) is 35.0 Å². The molecule has 2 heterocycles. The van der Waals surface area contributed by atoms with Gasteiger partial charge in [-0.1, -0.05) is 11.2 Å². The molecule has 1 atom stereocenters. The van der Waals surface area contributed by atoms with E-state index in [2.05, 4.69) is 20.8 Å². The number of fused-ring (bicyclic) bond motifs is 1. The molecule has 126 valence electrons. The maximum atomic E-state index is 12.0. The summed E-state index contributed by atoms with van der Waals surface area (Å²) in [6, 6.07) is 4.87. The third-order valence-corrected chi connectivity index (χ3v) is 3.78. The van der Waals surface area contributed by atoms with Crippen molar-refractivity contribution in [1.29, 1.82) is 0 Å². The number of hydrogen-bond acceptors (Lipinski definition) is 7. The lowest BCUT2D eigenvalue weighted by molar-refractivity contribution is -0.115. The van der Waals surface area contributed by atoms with Gasteiger partial charge in [0.15, 0.2) is 11.5 Å². The fraction of sp³-hybridized carbons (Fsp3) is 0.333. The molecule has 1 amide bonds. The summed E-state index contributed by atoms with van der Waals surface area (Å²) in [6.45, 7) is 4.13. The summed E-state index contributed by atoms with van der Waals surface area (Å²) < 4.78 is 12.4. The Balaban J connectivity index is 2.16. The minimum Gasteiger partial charge on any atom is -0.493 e. The van der Waals surface area contributed by atoms with Crippen molar-refractivity contribution < 1.29 is 14.3 Å². The number of allylic oxidation sites excluding steroid dienone is 1. The first-order valence-electron chi connectivity index (χ1n) is 7.43. The molecular weight excluding hydrogens is 312 g/mol. The Labute approximate surface area is 138 Å². The smallest absolute Gasteiger partial charge is 0.248 e. The first kappa shape index (κ1) is 15.8. The summed E-state index contributed by atoms with van der Waals surface area (Å²) in [6.07, 6.45) is 0. The van der Waals surface area contributed by atoms with Crippen LogP contribution >= 0.6 is 0 Å². The van der Waals surface area contributed by atoms with Crippen LogP contribution in [0.15, 0.2) is 29.5 Å². The minimum absolute atomic E-state index is 0.391. The second-order valence-corrected chi connectivity index (χ2v) is 5.22. The molecule has 0 aliphatic carbocycles. The molecule has 0 fully saturated rings. The Morgan fingerprint density at radius 3 is 2.88 bits per heavy atom. The van der Waals surface area contributed by atoms with Gasteiger partial charge in [0.25, 0.3) is 0 Å². The molecule has 1 aliphatic heterocycles. The minimum atomic E-state index is -0.543. The molecule has 2 aromatic rings. The van der Waals surface area contributed by atoms with E-state index in [1.165, 1.54) is 4.68 Å². The van der Waals surface area contributed by atoms with E-state index in [-0.39, 0.29) is 0 Å². The molecule has 9 nitrogen and oxygen atoms in total. The number of nitrogens with zero attached hydrogens (tertiary/aromatic N) is 4. The Hall–Kier alpha value is -3.10. The highest BCUT2D eigenvalue weighted by Crippen LogP contribution is 2.37. The van der Waals surface area contributed by atoms with Gasteiger partial charge in [0.05, 0.1) is 19.3 Å². The lowest BCUT2D eigenvalue weighted by atomic mass is 9.95. The fourth-order valence-corrected chi connectivity index (χ4v) is 2.77. The van der Waals surface area contributed by atoms with E-state index in [1.807, 2.05) is 13.0 Å². The topological polar surface area (TPSA) is 117 Å². The zero-order chi connectivity index (χ0) is 17.3. The summed E-state index contributed by atoms with van der Waals surface area (Å²) in [7, 11) is 1.57. The van der Waals surface area contributed by atoms with Crippen LogP contribution in [0.5, 0.6) is 11.5 Å². The number of ether oxygens (including phenoxy) is 2. The Morgan fingerprint density at radius 1 is 1.42 bits per heavy atom. The number of aromatic nitrogens is 4. The zero-order valence-corrected chi connectivity index (χ0v) is 13.6. The SMILES string of the molecule is CCOc1cc(C2C(C(N)=O)=C(C)Nc3nnnn32)ccc1OC. The van der Waals surface area contributed by atoms with E-state index in [0.29, 0.717) is 35.3 Å². The van der Waals surface area contributed by atoms with Crippen molar-refractivity contribution in [3.63, 3.8) is 0 Å². The molecule has 1 aromatic heterocycles. The van der Waals surface area contributed by atoms with E-state index in [1.54, 1.807) is 26.2 Å². The molecule has 0 saturated carbocycles. The van der Waals surface area contributed by atoms with E-state index in [9.17, 15) is 4.79 Å². The number of methoxy groups -OCH3 is 1. The lowest BCUT2D eigenvalue weighted by Crippen LogP contribution is -2.31. The maximum Gasteiger partial charge on any atom is 0.248 e. The maximum absolute atomic E-state index is 12.0. The van der Waals surface area contributed by atoms with Crippen molar-refractivity contribution in [2.45, 2.75) is 19.9 Å². The largest absolute Gasteiger partial charge is 0.493 e. The van der Waals surface area contributed by atoms with Gasteiger partial charge in [0.1, 0.15) is 6.04 Å². The molecule has 1 unspecified atom stereocenters. The molecule has 0 saturated heterocycles. The summed E-state index contributed by atoms with van der Waals surface area (Å²) >= 11 is 0. The average Bonchev–Trinajstić information content (AvgIpc) is 3.01. The van der Waals surface area contributed by atoms with Crippen LogP contribution in [0, 0.1) is 0 Å². The number of benzene rings is 1. The van der Waals surface area contributed by atoms with Gasteiger partial charge in [0, 0.05) is 5.70 Å². The molecule has 0 radical (unpaired) electrons. The monoisotopic (exact) mass is 330 g/mol. The standard InChI is InChI=1S/C15H18N6O3/c1-4-24-11-7-9(5-6-10(11)23-3)13-12(14(16)22)8(2)17-15-18-19-20-21(13)15/h5-7,13H,4H2,1-3H3,(H2,16,22)(H,17,18,20). The highest BCUT2D eigenvalue weighted by molar-refractivity contribution is 5.95. The Kier molecular flexibility index (Phi) is 4.07. The second-order valence-electron chi connectivity index (χ2n) is 5.22. The number of primary amides is 1. The Morgan fingerprint density at radius 2 is 2.21 bits per heavy atom. The summed E-state index contributed by atoms with van der Waals surface area (Å²) in [5.41, 5.74) is 7.36. The number of nitrogens with one attached hydrogen (secondary N) is 1. The average molecular weight is 330 g/mol. The predicted molar refractivity (Wildman–Crippen MR) is 85.6 cm³/mol. The number of nitrogens with two attached hydrogens (primary N) is 1. The number of rotatable bonds is 5. The third kappa shape index (κ3) is 2.53. The molecule has 24 heavy (non-hydrogen) atoms. The molecule has 1 aromatic carbocycles. The van der Waals surface area contributed by atoms with Crippen molar-refractivity contribution in [2.24, 2.45) is 5.73 Å². The number of carbonyl (C=O) groups is 1. The van der Waals surface area contributed by atoms with Gasteiger partial charge in [-0.2, -0.15) is 4.68 Å². The molecule has 3 N–H and O–H groups in total. The molecule has 3 rings (SSSR count). The van der Waals surface area contributed by atoms with E-state index in [0.717, 1.165) is 5.56 Å². The van der Waals surface area contributed by atoms with Crippen LogP contribution in [0.1, 0.15) is 25.5 Å². The first-order valence-corrected chi connectivity index (χ1v) is 7.43. The molecule has 0 bridgehead atoms. The van der Waals surface area contributed by atoms with Gasteiger partial charge in [-0.15, -0.1) is 0 Å². The van der Waals surface area contributed by atoms with Gasteiger partial charge in [-0.25, -0.2) is 0 Å². The van der Waals surface area contributed by atoms with Gasteiger partial charge >= 0.3 is 0 Å². The molecule has 1 aliphatic rings. The quantitative estimate of drug-likeness (QED) is 0.834. The van der Waals surface area contributed by atoms with Crippen molar-refractivity contribution >= 4 is 11.9 Å². The summed E-state index contributed by atoms with van der Waals surface area (Å²) in [5, 5.41) is 14.5. The zero-order valence-electron chi connectivity index (χ0n) is 13.6. The number of anilines is 1. The van der Waals surface area contributed by atoms with Crippen LogP contribution in [0.3, 0.4) is 0 Å². The second kappa shape index (κ2) is 6.19. The molecular formula is C15H18N6O3. The first-order chi connectivity index (χ1) is 11.6. The number of amides is 1. The van der Waals surface area contributed by atoms with E-state index >= 15 is 0 Å². The Bertz CT molecular complexity index is 813. The summed E-state index contributed by atoms with van der Waals surface area (Å²) in [4.78, 5) is 12.0. The van der Waals surface area contributed by atoms with Crippen LogP contribution in [0.2, 0.25) is 0 Å². The van der Waals surface area contributed by atoms with Crippen LogP contribution in [0.25, 0.3) is 0 Å². The van der Waals surface area contributed by atoms with Gasteiger partial charge in [-0.3, -0.25) is 4.79 Å². The van der Waals surface area contributed by atoms with Crippen LogP contribution in [-0.2, 0) is 4.79 Å². The van der Waals surface area contributed by atoms with E-state index < -0.39 is 11.9 Å². The van der Waals surface area contributed by atoms with Crippen molar-refractivity contribution in [2.75, 3.05) is 19.0 Å². The van der Waals surface area contributed by atoms with Gasteiger partial charge < -0.3 is 20.5 Å². The van der Waals surface area contributed by atoms with Gasteiger partial charge in [-0.05, 0) is 42.0 Å². The van der Waals surface area contributed by atoms with Gasteiger partial charge in [0.2, 0.25) is 11.9 Å². The normalized spacial score (nSPS) is 16.4. The van der Waals surface area contributed by atoms with E-state index in [4.69, 9.17) is 15.2 Å². The molecule has 0 spiro atoms. The number of tetrazole rings is 1. The van der Waals surface area contributed by atoms with Crippen molar-refractivity contribution in [3.8, 4) is 11.5 Å².